The van der Waals surface area contributed by atoms with Crippen LogP contribution in [-0.2, 0) is 9.53 Å². The van der Waals surface area contributed by atoms with Crippen molar-refractivity contribution in [1.82, 2.24) is 9.80 Å². The third-order valence-corrected chi connectivity index (χ3v) is 4.20. The highest BCUT2D eigenvalue weighted by Crippen LogP contribution is 2.25. The lowest BCUT2D eigenvalue weighted by molar-refractivity contribution is -0.141. The van der Waals surface area contributed by atoms with Gasteiger partial charge < -0.3 is 14.7 Å². The van der Waals surface area contributed by atoms with Crippen LogP contribution in [0.25, 0.3) is 0 Å². The maximum absolute atomic E-state index is 12.0. The van der Waals surface area contributed by atoms with Crippen molar-refractivity contribution < 1.29 is 19.4 Å². The zero-order chi connectivity index (χ0) is 15.6. The van der Waals surface area contributed by atoms with Gasteiger partial charge in [-0.2, -0.15) is 0 Å². The summed E-state index contributed by atoms with van der Waals surface area (Å²) in [7, 11) is 0. The molecule has 0 saturated carbocycles. The molecule has 21 heavy (non-hydrogen) atoms. The highest BCUT2D eigenvalue weighted by molar-refractivity contribution is 5.70. The molecule has 1 amide bonds. The number of likely N-dealkylation sites (tertiary alicyclic amines) is 2. The van der Waals surface area contributed by atoms with E-state index in [9.17, 15) is 9.59 Å². The average Bonchev–Trinajstić information content (AvgIpc) is 2.86. The number of carboxylic acid groups (broad SMARTS) is 1. The van der Waals surface area contributed by atoms with Gasteiger partial charge in [0.05, 0.1) is 5.92 Å². The molecule has 1 atom stereocenters. The Morgan fingerprint density at radius 1 is 1.10 bits per heavy atom. The normalized spacial score (nSPS) is 25.1. The molecule has 2 saturated heterocycles. The van der Waals surface area contributed by atoms with Gasteiger partial charge in [0, 0.05) is 25.7 Å². The molecule has 0 aliphatic carbocycles. The first-order chi connectivity index (χ1) is 9.76. The van der Waals surface area contributed by atoms with Crippen LogP contribution in [0.15, 0.2) is 0 Å². The van der Waals surface area contributed by atoms with Crippen molar-refractivity contribution in [3.8, 4) is 0 Å². The second kappa shape index (κ2) is 6.22. The number of piperidine rings is 1. The third-order valence-electron chi connectivity index (χ3n) is 4.20. The number of amides is 1. The molecule has 120 valence electrons. The van der Waals surface area contributed by atoms with Crippen molar-refractivity contribution >= 4 is 12.1 Å². The Morgan fingerprint density at radius 2 is 1.71 bits per heavy atom. The minimum absolute atomic E-state index is 0.228. The zero-order valence-electron chi connectivity index (χ0n) is 13.2. The Morgan fingerprint density at radius 3 is 2.19 bits per heavy atom. The van der Waals surface area contributed by atoms with Gasteiger partial charge in [0.1, 0.15) is 5.60 Å². The van der Waals surface area contributed by atoms with Crippen LogP contribution in [0.4, 0.5) is 4.79 Å². The molecule has 6 heteroatoms. The van der Waals surface area contributed by atoms with Gasteiger partial charge in [0.25, 0.3) is 0 Å². The van der Waals surface area contributed by atoms with Gasteiger partial charge in [0.15, 0.2) is 0 Å². The van der Waals surface area contributed by atoms with E-state index in [-0.39, 0.29) is 12.0 Å². The molecular formula is C15H26N2O4. The molecule has 0 aromatic rings. The number of rotatable bonds is 2. The number of aliphatic carboxylic acids is 1. The van der Waals surface area contributed by atoms with Crippen molar-refractivity contribution in [2.24, 2.45) is 5.92 Å². The molecule has 1 unspecified atom stereocenters. The minimum atomic E-state index is -0.691. The van der Waals surface area contributed by atoms with Crippen molar-refractivity contribution in [3.63, 3.8) is 0 Å². The van der Waals surface area contributed by atoms with Crippen LogP contribution < -0.4 is 0 Å². The van der Waals surface area contributed by atoms with Crippen LogP contribution >= 0.6 is 0 Å². The van der Waals surface area contributed by atoms with E-state index < -0.39 is 11.6 Å². The number of carbonyl (C=O) groups is 2. The van der Waals surface area contributed by atoms with Crippen molar-refractivity contribution in [3.05, 3.63) is 0 Å². The fraction of sp³-hybridized carbons (Fsp3) is 0.867. The first kappa shape index (κ1) is 16.1. The molecule has 0 bridgehead atoms. The minimum Gasteiger partial charge on any atom is -0.481 e. The van der Waals surface area contributed by atoms with Crippen LogP contribution in [-0.4, -0.2) is 64.8 Å². The molecule has 2 fully saturated rings. The zero-order valence-corrected chi connectivity index (χ0v) is 13.2. The molecular weight excluding hydrogens is 272 g/mol. The topological polar surface area (TPSA) is 70.1 Å². The molecule has 1 N–H and O–H groups in total. The lowest BCUT2D eigenvalue weighted by Crippen LogP contribution is -2.47. The molecule has 2 heterocycles. The summed E-state index contributed by atoms with van der Waals surface area (Å²) in [6, 6.07) is 0.396. The lowest BCUT2D eigenvalue weighted by atomic mass is 10.0. The maximum atomic E-state index is 12.0. The van der Waals surface area contributed by atoms with Crippen LogP contribution in [0.5, 0.6) is 0 Å². The van der Waals surface area contributed by atoms with E-state index in [1.54, 1.807) is 4.90 Å². The average molecular weight is 298 g/mol. The van der Waals surface area contributed by atoms with Crippen LogP contribution in [0.1, 0.15) is 40.0 Å². The predicted octanol–water partition coefficient (Wildman–Crippen LogP) is 1.79. The van der Waals surface area contributed by atoms with Gasteiger partial charge in [-0.15, -0.1) is 0 Å². The van der Waals surface area contributed by atoms with Gasteiger partial charge >= 0.3 is 12.1 Å². The summed E-state index contributed by atoms with van der Waals surface area (Å²) in [5, 5.41) is 9.06. The molecule has 0 spiro atoms. The Balaban J connectivity index is 1.79. The molecule has 2 aliphatic heterocycles. The Bertz CT molecular complexity index is 397. The smallest absolute Gasteiger partial charge is 0.410 e. The first-order valence-corrected chi connectivity index (χ1v) is 7.71. The summed E-state index contributed by atoms with van der Waals surface area (Å²) in [6.07, 6.45) is 2.28. The van der Waals surface area contributed by atoms with E-state index in [0.717, 1.165) is 25.8 Å². The van der Waals surface area contributed by atoms with E-state index in [2.05, 4.69) is 4.90 Å². The number of hydrogen-bond donors (Lipinski definition) is 1. The Labute approximate surface area is 126 Å². The standard InChI is InChI=1S/C15H26N2O4/c1-15(2,3)21-14(20)16-8-5-12(6-9-16)17-7-4-11(10-17)13(18)19/h11-12H,4-10H2,1-3H3,(H,18,19). The van der Waals surface area contributed by atoms with E-state index in [1.807, 2.05) is 20.8 Å². The van der Waals surface area contributed by atoms with E-state index in [0.29, 0.717) is 25.7 Å². The second-order valence-corrected chi connectivity index (χ2v) is 7.02. The van der Waals surface area contributed by atoms with Crippen LogP contribution in [0, 0.1) is 5.92 Å². The lowest BCUT2D eigenvalue weighted by Gasteiger charge is -2.37. The maximum Gasteiger partial charge on any atom is 0.410 e. The number of carbonyl (C=O) groups excluding carboxylic acids is 1. The number of hydrogen-bond acceptors (Lipinski definition) is 4. The van der Waals surface area contributed by atoms with Gasteiger partial charge in [-0.25, -0.2) is 4.79 Å². The highest BCUT2D eigenvalue weighted by Gasteiger charge is 2.35. The monoisotopic (exact) mass is 298 g/mol. The SMILES string of the molecule is CC(C)(C)OC(=O)N1CCC(N2CCC(C(=O)O)C2)CC1. The molecule has 0 aromatic carbocycles. The quantitative estimate of drug-likeness (QED) is 0.841. The van der Waals surface area contributed by atoms with Gasteiger partial charge in [-0.05, 0) is 46.6 Å². The van der Waals surface area contributed by atoms with Crippen LogP contribution in [0.2, 0.25) is 0 Å². The van der Waals surface area contributed by atoms with Crippen molar-refractivity contribution in [1.29, 1.82) is 0 Å². The summed E-state index contributed by atoms with van der Waals surface area (Å²) >= 11 is 0. The number of nitrogens with zero attached hydrogens (tertiary/aromatic N) is 2. The van der Waals surface area contributed by atoms with E-state index >= 15 is 0 Å². The first-order valence-electron chi connectivity index (χ1n) is 7.71. The van der Waals surface area contributed by atoms with E-state index in [4.69, 9.17) is 9.84 Å². The summed E-state index contributed by atoms with van der Waals surface area (Å²) in [5.41, 5.74) is -0.461. The molecule has 0 radical (unpaired) electrons. The summed E-state index contributed by atoms with van der Waals surface area (Å²) in [4.78, 5) is 27.0. The van der Waals surface area contributed by atoms with Gasteiger partial charge in [0.2, 0.25) is 0 Å². The Kier molecular flexibility index (Phi) is 4.76. The largest absolute Gasteiger partial charge is 0.481 e. The van der Waals surface area contributed by atoms with Gasteiger partial charge in [-0.3, -0.25) is 9.69 Å². The predicted molar refractivity (Wildman–Crippen MR) is 78.1 cm³/mol. The third kappa shape index (κ3) is 4.33. The highest BCUT2D eigenvalue weighted by atomic mass is 16.6. The van der Waals surface area contributed by atoms with Crippen LogP contribution in [0.3, 0.4) is 0 Å². The summed E-state index contributed by atoms with van der Waals surface area (Å²) < 4.78 is 5.38. The van der Waals surface area contributed by atoms with Crippen molar-refractivity contribution in [2.75, 3.05) is 26.2 Å². The number of ether oxygens (including phenoxy) is 1. The molecule has 2 rings (SSSR count). The van der Waals surface area contributed by atoms with Gasteiger partial charge in [-0.1, -0.05) is 0 Å². The van der Waals surface area contributed by atoms with E-state index in [1.165, 1.54) is 0 Å². The molecule has 0 aromatic heterocycles. The summed E-state index contributed by atoms with van der Waals surface area (Å²) in [5.74, 6) is -0.919. The fourth-order valence-electron chi connectivity index (χ4n) is 3.06. The number of carboxylic acids is 1. The molecule has 6 nitrogen and oxygen atoms in total. The second-order valence-electron chi connectivity index (χ2n) is 7.02. The molecule has 2 aliphatic rings. The van der Waals surface area contributed by atoms with Crippen molar-refractivity contribution in [2.45, 2.75) is 51.7 Å². The summed E-state index contributed by atoms with van der Waals surface area (Å²) in [6.45, 7) is 8.48. The fourth-order valence-corrected chi connectivity index (χ4v) is 3.06. The Hall–Kier alpha value is -1.30.